The van der Waals surface area contributed by atoms with E-state index in [4.69, 9.17) is 4.74 Å². The predicted molar refractivity (Wildman–Crippen MR) is 146 cm³/mol. The largest absolute Gasteiger partial charge is 0.463 e. The van der Waals surface area contributed by atoms with Gasteiger partial charge in [0.15, 0.2) is 4.80 Å². The predicted octanol–water partition coefficient (Wildman–Crippen LogP) is 4.49. The molecular formula is C28H27N3O3S2. The van der Waals surface area contributed by atoms with Gasteiger partial charge in [0.1, 0.15) is 0 Å². The van der Waals surface area contributed by atoms with Crippen LogP contribution in [-0.2, 0) is 16.1 Å². The van der Waals surface area contributed by atoms with Gasteiger partial charge in [0.25, 0.3) is 5.56 Å². The van der Waals surface area contributed by atoms with Crippen LogP contribution in [0.1, 0.15) is 37.9 Å². The van der Waals surface area contributed by atoms with Crippen LogP contribution in [0.3, 0.4) is 0 Å². The molecule has 36 heavy (non-hydrogen) atoms. The lowest BCUT2D eigenvalue weighted by Gasteiger charge is -2.24. The average molecular weight is 518 g/mol. The minimum atomic E-state index is -0.602. The number of thiazole rings is 1. The molecule has 0 N–H and O–H groups in total. The molecule has 2 aromatic heterocycles. The molecule has 1 aliphatic rings. The zero-order valence-electron chi connectivity index (χ0n) is 20.6. The Morgan fingerprint density at radius 2 is 1.92 bits per heavy atom. The maximum atomic E-state index is 13.9. The quantitative estimate of drug-likeness (QED) is 0.279. The normalized spacial score (nSPS) is 15.8. The Morgan fingerprint density at radius 3 is 2.61 bits per heavy atom. The molecule has 0 amide bonds. The molecule has 2 aromatic carbocycles. The molecule has 0 spiro atoms. The molecule has 8 heteroatoms. The van der Waals surface area contributed by atoms with Crippen molar-refractivity contribution in [3.05, 3.63) is 96.8 Å². The van der Waals surface area contributed by atoms with Crippen LogP contribution in [0, 0.1) is 0 Å². The zero-order valence-corrected chi connectivity index (χ0v) is 22.3. The van der Waals surface area contributed by atoms with E-state index in [1.807, 2.05) is 55.7 Å². The number of esters is 1. The maximum absolute atomic E-state index is 13.9. The first-order chi connectivity index (χ1) is 17.5. The van der Waals surface area contributed by atoms with E-state index < -0.39 is 12.0 Å². The van der Waals surface area contributed by atoms with Crippen molar-refractivity contribution in [2.75, 3.05) is 12.9 Å². The van der Waals surface area contributed by atoms with Crippen molar-refractivity contribution in [1.29, 1.82) is 0 Å². The number of hydrogen-bond acceptors (Lipinski definition) is 6. The van der Waals surface area contributed by atoms with E-state index in [0.29, 0.717) is 20.6 Å². The molecule has 0 saturated heterocycles. The van der Waals surface area contributed by atoms with Crippen molar-refractivity contribution in [1.82, 2.24) is 9.13 Å². The first kappa shape index (κ1) is 24.3. The lowest BCUT2D eigenvalue weighted by Crippen LogP contribution is -2.39. The SMILES string of the molecule is CCOC(=O)C1=C(C)N=c2s/c(=C\c3cn(CC)c4ccccc34)c(=O)n2C1c1ccc(SC)cc1. The summed E-state index contributed by atoms with van der Waals surface area (Å²) in [6, 6.07) is 15.6. The van der Waals surface area contributed by atoms with Gasteiger partial charge in [-0.15, -0.1) is 11.8 Å². The average Bonchev–Trinajstić information content (AvgIpc) is 3.40. The number of aryl methyl sites for hydroxylation is 1. The van der Waals surface area contributed by atoms with Gasteiger partial charge >= 0.3 is 5.97 Å². The van der Waals surface area contributed by atoms with Crippen molar-refractivity contribution in [2.24, 2.45) is 4.99 Å². The number of hydrogen-bond donors (Lipinski definition) is 0. The molecule has 0 aliphatic carbocycles. The highest BCUT2D eigenvalue weighted by atomic mass is 32.2. The lowest BCUT2D eigenvalue weighted by molar-refractivity contribution is -0.139. The molecule has 184 valence electrons. The number of aromatic nitrogens is 2. The molecule has 3 heterocycles. The summed E-state index contributed by atoms with van der Waals surface area (Å²) in [6.45, 7) is 6.77. The summed E-state index contributed by atoms with van der Waals surface area (Å²) in [5.74, 6) is -0.446. The van der Waals surface area contributed by atoms with Gasteiger partial charge in [0, 0.05) is 34.1 Å². The molecule has 0 bridgehead atoms. The van der Waals surface area contributed by atoms with E-state index in [9.17, 15) is 9.59 Å². The van der Waals surface area contributed by atoms with Gasteiger partial charge in [-0.05, 0) is 56.9 Å². The van der Waals surface area contributed by atoms with Crippen molar-refractivity contribution in [3.8, 4) is 0 Å². The fourth-order valence-electron chi connectivity index (χ4n) is 4.69. The van der Waals surface area contributed by atoms with Crippen LogP contribution in [0.5, 0.6) is 0 Å². The van der Waals surface area contributed by atoms with Crippen LogP contribution in [0.2, 0.25) is 0 Å². The number of fused-ring (bicyclic) bond motifs is 2. The number of para-hydroxylation sites is 1. The van der Waals surface area contributed by atoms with Crippen LogP contribution in [0.15, 0.2) is 80.7 Å². The van der Waals surface area contributed by atoms with Crippen molar-refractivity contribution in [3.63, 3.8) is 0 Å². The summed E-state index contributed by atoms with van der Waals surface area (Å²) in [5, 5.41) is 1.10. The van der Waals surface area contributed by atoms with Gasteiger partial charge in [0.05, 0.1) is 28.5 Å². The summed E-state index contributed by atoms with van der Waals surface area (Å²) in [6.07, 6.45) is 6.04. The Hall–Kier alpha value is -3.36. The van der Waals surface area contributed by atoms with Gasteiger partial charge in [-0.1, -0.05) is 41.7 Å². The highest BCUT2D eigenvalue weighted by Gasteiger charge is 2.33. The molecular weight excluding hydrogens is 490 g/mol. The topological polar surface area (TPSA) is 65.6 Å². The molecule has 1 aliphatic heterocycles. The van der Waals surface area contributed by atoms with Gasteiger partial charge < -0.3 is 9.30 Å². The third kappa shape index (κ3) is 4.14. The second kappa shape index (κ2) is 9.95. The second-order valence-corrected chi connectivity index (χ2v) is 10.4. The van der Waals surface area contributed by atoms with Crippen LogP contribution in [0.25, 0.3) is 17.0 Å². The van der Waals surface area contributed by atoms with Crippen LogP contribution in [0.4, 0.5) is 0 Å². The molecule has 4 aromatic rings. The van der Waals surface area contributed by atoms with E-state index in [1.54, 1.807) is 23.3 Å². The molecule has 0 radical (unpaired) electrons. The number of thioether (sulfide) groups is 1. The number of rotatable bonds is 6. The van der Waals surface area contributed by atoms with Gasteiger partial charge in [-0.25, -0.2) is 9.79 Å². The number of ether oxygens (including phenoxy) is 1. The highest BCUT2D eigenvalue weighted by Crippen LogP contribution is 2.31. The summed E-state index contributed by atoms with van der Waals surface area (Å²) < 4.78 is 9.79. The van der Waals surface area contributed by atoms with Crippen LogP contribution >= 0.6 is 23.1 Å². The van der Waals surface area contributed by atoms with E-state index >= 15 is 0 Å². The van der Waals surface area contributed by atoms with Crippen molar-refractivity contribution < 1.29 is 9.53 Å². The van der Waals surface area contributed by atoms with Gasteiger partial charge in [-0.2, -0.15) is 0 Å². The van der Waals surface area contributed by atoms with Crippen LogP contribution in [-0.4, -0.2) is 28.0 Å². The summed E-state index contributed by atoms with van der Waals surface area (Å²) in [4.78, 5) is 33.3. The smallest absolute Gasteiger partial charge is 0.338 e. The maximum Gasteiger partial charge on any atom is 0.338 e. The lowest BCUT2D eigenvalue weighted by atomic mass is 9.96. The summed E-state index contributed by atoms with van der Waals surface area (Å²) in [5.41, 5.74) is 3.77. The number of nitrogens with zero attached hydrogens (tertiary/aromatic N) is 3. The fraction of sp³-hybridized carbons (Fsp3) is 0.250. The summed E-state index contributed by atoms with van der Waals surface area (Å²) >= 11 is 2.99. The molecule has 1 atom stereocenters. The Morgan fingerprint density at radius 1 is 1.17 bits per heavy atom. The zero-order chi connectivity index (χ0) is 25.4. The Bertz CT molecular complexity index is 1670. The van der Waals surface area contributed by atoms with Crippen LogP contribution < -0.4 is 14.9 Å². The number of carbonyl (C=O) groups is 1. The van der Waals surface area contributed by atoms with E-state index in [1.165, 1.54) is 11.3 Å². The highest BCUT2D eigenvalue weighted by molar-refractivity contribution is 7.98. The Balaban J connectivity index is 1.73. The molecule has 6 nitrogen and oxygen atoms in total. The first-order valence-corrected chi connectivity index (χ1v) is 13.9. The Kier molecular flexibility index (Phi) is 6.73. The van der Waals surface area contributed by atoms with E-state index in [0.717, 1.165) is 33.5 Å². The molecule has 0 saturated carbocycles. The van der Waals surface area contributed by atoms with E-state index in [-0.39, 0.29) is 12.2 Å². The minimum Gasteiger partial charge on any atom is -0.463 e. The Labute approximate surface area is 217 Å². The molecule has 1 unspecified atom stereocenters. The number of allylic oxidation sites excluding steroid dienone is 1. The molecule has 0 fully saturated rings. The third-order valence-electron chi connectivity index (χ3n) is 6.40. The first-order valence-electron chi connectivity index (χ1n) is 11.9. The second-order valence-electron chi connectivity index (χ2n) is 8.46. The van der Waals surface area contributed by atoms with E-state index in [2.05, 4.69) is 34.8 Å². The van der Waals surface area contributed by atoms with Crippen molar-refractivity contribution in [2.45, 2.75) is 38.3 Å². The van der Waals surface area contributed by atoms with Gasteiger partial charge in [0.2, 0.25) is 0 Å². The van der Waals surface area contributed by atoms with Crippen molar-refractivity contribution >= 4 is 46.0 Å². The number of benzene rings is 2. The standard InChI is InChI=1S/C28H27N3O3S2/c1-5-30-16-19(21-9-7-8-10-22(21)30)15-23-26(32)31-25(18-11-13-20(35-4)14-12-18)24(27(33)34-6-2)17(3)29-28(31)36-23/h7-16,25H,5-6H2,1-4H3/b23-15-. The molecule has 5 rings (SSSR count). The number of carbonyl (C=O) groups excluding carboxylic acids is 1. The fourth-order valence-corrected chi connectivity index (χ4v) is 6.13. The minimum absolute atomic E-state index is 0.166. The monoisotopic (exact) mass is 517 g/mol. The third-order valence-corrected chi connectivity index (χ3v) is 8.12. The van der Waals surface area contributed by atoms with Gasteiger partial charge in [-0.3, -0.25) is 9.36 Å². The summed E-state index contributed by atoms with van der Waals surface area (Å²) in [7, 11) is 0.